The van der Waals surface area contributed by atoms with Gasteiger partial charge in [-0.3, -0.25) is 9.90 Å². The summed E-state index contributed by atoms with van der Waals surface area (Å²) in [6, 6.07) is 7.73. The molecular weight excluding hydrogens is 186 g/mol. The Labute approximate surface area is 82.3 Å². The van der Waals surface area contributed by atoms with E-state index < -0.39 is 0 Å². The van der Waals surface area contributed by atoms with Crippen molar-refractivity contribution in [3.63, 3.8) is 0 Å². The van der Waals surface area contributed by atoms with Gasteiger partial charge in [0.15, 0.2) is 0 Å². The number of hydrogen-bond acceptors (Lipinski definition) is 2. The van der Waals surface area contributed by atoms with Crippen LogP contribution in [0.1, 0.15) is 5.56 Å². The fraction of sp³-hybridized carbons (Fsp3) is 0.200. The van der Waals surface area contributed by atoms with E-state index in [0.29, 0.717) is 6.61 Å². The first-order valence-corrected chi connectivity index (χ1v) is 4.48. The Hall–Kier alpha value is -0.990. The Morgan fingerprint density at radius 2 is 2.00 bits per heavy atom. The first-order valence-electron chi connectivity index (χ1n) is 4.10. The van der Waals surface area contributed by atoms with Crippen molar-refractivity contribution in [1.82, 2.24) is 5.06 Å². The van der Waals surface area contributed by atoms with Crippen molar-refractivity contribution in [1.29, 1.82) is 0 Å². The maximum atomic E-state index is 5.79. The van der Waals surface area contributed by atoms with Crippen LogP contribution in [-0.4, -0.2) is 18.7 Å². The average molecular weight is 196 g/mol. The van der Waals surface area contributed by atoms with E-state index in [1.54, 1.807) is 5.06 Å². The molecule has 1 heterocycles. The van der Waals surface area contributed by atoms with Crippen molar-refractivity contribution in [2.45, 2.75) is 0 Å². The second kappa shape index (κ2) is 3.40. The summed E-state index contributed by atoms with van der Waals surface area (Å²) in [6.07, 6.45) is 2.04. The van der Waals surface area contributed by atoms with Crippen LogP contribution < -0.4 is 0 Å². The van der Waals surface area contributed by atoms with Crippen molar-refractivity contribution in [2.24, 2.45) is 0 Å². The average Bonchev–Trinajstić information content (AvgIpc) is 2.53. The third-order valence-corrected chi connectivity index (χ3v) is 2.28. The van der Waals surface area contributed by atoms with E-state index in [9.17, 15) is 0 Å². The summed E-state index contributed by atoms with van der Waals surface area (Å²) in [5.41, 5.74) is 2.22. The molecule has 0 saturated carbocycles. The number of rotatable bonds is 1. The lowest BCUT2D eigenvalue weighted by molar-refractivity contribution is -0.0580. The molecule has 3 heteroatoms. The Morgan fingerprint density at radius 1 is 1.31 bits per heavy atom. The molecule has 0 aromatic heterocycles. The van der Waals surface area contributed by atoms with Crippen LogP contribution in [0.5, 0.6) is 0 Å². The highest BCUT2D eigenvalue weighted by Gasteiger charge is 2.12. The molecule has 0 radical (unpaired) electrons. The van der Waals surface area contributed by atoms with E-state index in [4.69, 9.17) is 16.4 Å². The van der Waals surface area contributed by atoms with Crippen molar-refractivity contribution >= 4 is 17.3 Å². The summed E-state index contributed by atoms with van der Waals surface area (Å²) in [7, 11) is 1.90. The molecule has 0 saturated heterocycles. The standard InChI is InChI=1S/C10H10ClNO/c1-12-10(6-7-13-12)8-2-4-9(11)5-3-8/h2-6H,7H2,1H3. The molecule has 0 aliphatic carbocycles. The lowest BCUT2D eigenvalue weighted by atomic mass is 10.1. The SMILES string of the molecule is CN1OCC=C1c1ccc(Cl)cc1. The summed E-state index contributed by atoms with van der Waals surface area (Å²) in [4.78, 5) is 5.26. The smallest absolute Gasteiger partial charge is 0.0954 e. The van der Waals surface area contributed by atoms with Crippen molar-refractivity contribution in [3.05, 3.63) is 40.9 Å². The van der Waals surface area contributed by atoms with E-state index in [1.165, 1.54) is 0 Å². The molecule has 0 unspecified atom stereocenters. The van der Waals surface area contributed by atoms with Crippen LogP contribution in [0.25, 0.3) is 5.70 Å². The van der Waals surface area contributed by atoms with Gasteiger partial charge in [-0.15, -0.1) is 0 Å². The molecule has 0 bridgehead atoms. The molecule has 68 valence electrons. The normalized spacial score (nSPS) is 16.2. The number of benzene rings is 1. The molecule has 1 aliphatic heterocycles. The van der Waals surface area contributed by atoms with E-state index >= 15 is 0 Å². The monoisotopic (exact) mass is 195 g/mol. The minimum absolute atomic E-state index is 0.647. The number of hydroxylamine groups is 2. The van der Waals surface area contributed by atoms with Crippen LogP contribution in [0.15, 0.2) is 30.3 Å². The number of hydrogen-bond donors (Lipinski definition) is 0. The quantitative estimate of drug-likeness (QED) is 0.683. The van der Waals surface area contributed by atoms with Gasteiger partial charge in [-0.2, -0.15) is 0 Å². The predicted molar refractivity (Wildman–Crippen MR) is 53.1 cm³/mol. The lowest BCUT2D eigenvalue weighted by Crippen LogP contribution is -2.10. The van der Waals surface area contributed by atoms with Gasteiger partial charge >= 0.3 is 0 Å². The van der Waals surface area contributed by atoms with Gasteiger partial charge in [0.05, 0.1) is 12.3 Å². The number of halogens is 1. The number of nitrogens with zero attached hydrogens (tertiary/aromatic N) is 1. The zero-order chi connectivity index (χ0) is 9.26. The maximum absolute atomic E-state index is 5.79. The van der Waals surface area contributed by atoms with Gasteiger partial charge in [-0.05, 0) is 23.8 Å². The first kappa shape index (κ1) is 8.60. The summed E-state index contributed by atoms with van der Waals surface area (Å²) < 4.78 is 0. The molecule has 2 rings (SSSR count). The zero-order valence-electron chi connectivity index (χ0n) is 7.33. The van der Waals surface area contributed by atoms with E-state index in [0.717, 1.165) is 16.3 Å². The molecular formula is C10H10ClNO. The summed E-state index contributed by atoms with van der Waals surface area (Å²) in [5, 5.41) is 2.52. The van der Waals surface area contributed by atoms with Crippen molar-refractivity contribution < 1.29 is 4.84 Å². The van der Waals surface area contributed by atoms with E-state index in [2.05, 4.69) is 0 Å². The van der Waals surface area contributed by atoms with Crippen LogP contribution in [0, 0.1) is 0 Å². The third-order valence-electron chi connectivity index (χ3n) is 2.02. The summed E-state index contributed by atoms with van der Waals surface area (Å²) in [6.45, 7) is 0.647. The minimum Gasteiger partial charge on any atom is -0.269 e. The highest BCUT2D eigenvalue weighted by molar-refractivity contribution is 6.30. The fourth-order valence-electron chi connectivity index (χ4n) is 1.35. The van der Waals surface area contributed by atoms with Gasteiger partial charge < -0.3 is 0 Å². The maximum Gasteiger partial charge on any atom is 0.0954 e. The molecule has 0 N–H and O–H groups in total. The Bertz CT molecular complexity index is 331. The minimum atomic E-state index is 0.647. The Kier molecular flexibility index (Phi) is 2.25. The Balaban J connectivity index is 2.30. The molecule has 1 aliphatic rings. The largest absolute Gasteiger partial charge is 0.269 e. The van der Waals surface area contributed by atoms with Crippen molar-refractivity contribution in [2.75, 3.05) is 13.7 Å². The Morgan fingerprint density at radius 3 is 2.54 bits per heavy atom. The van der Waals surface area contributed by atoms with Crippen LogP contribution in [0.3, 0.4) is 0 Å². The van der Waals surface area contributed by atoms with Gasteiger partial charge in [0.2, 0.25) is 0 Å². The summed E-state index contributed by atoms with van der Waals surface area (Å²) >= 11 is 5.79. The predicted octanol–water partition coefficient (Wildman–Crippen LogP) is 2.56. The van der Waals surface area contributed by atoms with Crippen LogP contribution in [-0.2, 0) is 4.84 Å². The molecule has 1 aromatic carbocycles. The molecule has 2 nitrogen and oxygen atoms in total. The van der Waals surface area contributed by atoms with E-state index in [1.807, 2.05) is 37.4 Å². The topological polar surface area (TPSA) is 12.5 Å². The third kappa shape index (κ3) is 1.69. The molecule has 0 amide bonds. The summed E-state index contributed by atoms with van der Waals surface area (Å²) in [5.74, 6) is 0. The molecule has 0 fully saturated rings. The second-order valence-corrected chi connectivity index (χ2v) is 3.33. The van der Waals surface area contributed by atoms with Crippen LogP contribution >= 0.6 is 11.6 Å². The van der Waals surface area contributed by atoms with E-state index in [-0.39, 0.29) is 0 Å². The molecule has 0 atom stereocenters. The van der Waals surface area contributed by atoms with Gasteiger partial charge in [0.25, 0.3) is 0 Å². The second-order valence-electron chi connectivity index (χ2n) is 2.89. The molecule has 13 heavy (non-hydrogen) atoms. The van der Waals surface area contributed by atoms with Gasteiger partial charge in [-0.1, -0.05) is 23.7 Å². The van der Waals surface area contributed by atoms with Gasteiger partial charge in [-0.25, -0.2) is 0 Å². The fourth-order valence-corrected chi connectivity index (χ4v) is 1.47. The highest BCUT2D eigenvalue weighted by atomic mass is 35.5. The van der Waals surface area contributed by atoms with Gasteiger partial charge in [0, 0.05) is 12.1 Å². The highest BCUT2D eigenvalue weighted by Crippen LogP contribution is 2.23. The molecule has 0 spiro atoms. The lowest BCUT2D eigenvalue weighted by Gasteiger charge is -2.14. The van der Waals surface area contributed by atoms with Gasteiger partial charge in [0.1, 0.15) is 0 Å². The first-order chi connectivity index (χ1) is 6.27. The van der Waals surface area contributed by atoms with Crippen LogP contribution in [0.4, 0.5) is 0 Å². The molecule has 1 aromatic rings. The van der Waals surface area contributed by atoms with Crippen molar-refractivity contribution in [3.8, 4) is 0 Å². The van der Waals surface area contributed by atoms with Crippen LogP contribution in [0.2, 0.25) is 5.02 Å². The zero-order valence-corrected chi connectivity index (χ0v) is 8.08.